The van der Waals surface area contributed by atoms with E-state index in [4.69, 9.17) is 4.74 Å². The monoisotopic (exact) mass is 386 g/mol. The van der Waals surface area contributed by atoms with Crippen molar-refractivity contribution in [1.82, 2.24) is 4.90 Å². The predicted octanol–water partition coefficient (Wildman–Crippen LogP) is 4.57. The summed E-state index contributed by atoms with van der Waals surface area (Å²) in [5, 5.41) is 7.25. The maximum Gasteiger partial charge on any atom is 0.221 e. The summed E-state index contributed by atoms with van der Waals surface area (Å²) >= 11 is 1.78. The van der Waals surface area contributed by atoms with Crippen molar-refractivity contribution in [2.24, 2.45) is 5.41 Å². The first-order valence-corrected chi connectivity index (χ1v) is 10.7. The number of likely N-dealkylation sites (tertiary alicyclic amines) is 1. The van der Waals surface area contributed by atoms with Crippen molar-refractivity contribution < 1.29 is 9.53 Å². The highest BCUT2D eigenvalue weighted by Gasteiger charge is 2.37. The lowest BCUT2D eigenvalue weighted by Gasteiger charge is -2.29. The topological polar surface area (TPSA) is 41.6 Å². The zero-order valence-corrected chi connectivity index (χ0v) is 17.2. The summed E-state index contributed by atoms with van der Waals surface area (Å²) in [6.45, 7) is 8.40. The Morgan fingerprint density at radius 3 is 2.74 bits per heavy atom. The summed E-state index contributed by atoms with van der Waals surface area (Å²) in [6, 6.07) is 10.4. The van der Waals surface area contributed by atoms with Crippen LogP contribution in [0.2, 0.25) is 0 Å². The van der Waals surface area contributed by atoms with Crippen LogP contribution in [0.3, 0.4) is 0 Å². The molecule has 1 saturated heterocycles. The van der Waals surface area contributed by atoms with Gasteiger partial charge in [-0.2, -0.15) is 11.3 Å². The van der Waals surface area contributed by atoms with Crippen LogP contribution in [0.1, 0.15) is 37.8 Å². The molecule has 1 atom stereocenters. The molecule has 0 spiro atoms. The quantitative estimate of drug-likeness (QED) is 0.686. The molecule has 0 aliphatic carbocycles. The van der Waals surface area contributed by atoms with Crippen LogP contribution >= 0.6 is 11.3 Å². The molecule has 146 valence electrons. The Balaban J connectivity index is 1.58. The van der Waals surface area contributed by atoms with Crippen LogP contribution in [0.5, 0.6) is 0 Å². The summed E-state index contributed by atoms with van der Waals surface area (Å²) in [5.41, 5.74) is 3.85. The van der Waals surface area contributed by atoms with E-state index >= 15 is 0 Å². The zero-order valence-electron chi connectivity index (χ0n) is 16.4. The van der Waals surface area contributed by atoms with E-state index in [9.17, 15) is 4.79 Å². The second-order valence-corrected chi connectivity index (χ2v) is 8.39. The van der Waals surface area contributed by atoms with E-state index < -0.39 is 0 Å². The molecule has 2 heterocycles. The van der Waals surface area contributed by atoms with Crippen LogP contribution in [0.15, 0.2) is 41.1 Å². The van der Waals surface area contributed by atoms with Gasteiger partial charge in [-0.3, -0.25) is 9.69 Å². The Morgan fingerprint density at radius 1 is 1.26 bits per heavy atom. The Morgan fingerprint density at radius 2 is 2.07 bits per heavy atom. The summed E-state index contributed by atoms with van der Waals surface area (Å²) in [6.07, 6.45) is 3.51. The molecule has 1 amide bonds. The van der Waals surface area contributed by atoms with Crippen LogP contribution < -0.4 is 5.32 Å². The number of nitrogens with zero attached hydrogens (tertiary/aromatic N) is 1. The summed E-state index contributed by atoms with van der Waals surface area (Å²) in [4.78, 5) is 13.7. The normalized spacial score (nSPS) is 20.1. The van der Waals surface area contributed by atoms with E-state index in [0.717, 1.165) is 45.0 Å². The highest BCUT2D eigenvalue weighted by molar-refractivity contribution is 7.07. The first-order valence-electron chi connectivity index (χ1n) is 9.76. The number of ether oxygens (including phenoxy) is 1. The summed E-state index contributed by atoms with van der Waals surface area (Å²) in [5.74, 6) is -0.0337. The standard InChI is InChI=1S/C22H30N2O2S/c1-3-26-17-22(10-8-20-9-13-27-15-20)11-12-24(16-22)14-19-4-6-21(7-5-19)23-18(2)25/h4-7,9,13,15H,3,8,10-12,14,16-17H2,1-2H3,(H,23,25)/t22-/m0/s1. The second-order valence-electron chi connectivity index (χ2n) is 7.61. The fourth-order valence-corrected chi connectivity index (χ4v) is 4.58. The van der Waals surface area contributed by atoms with Crippen molar-refractivity contribution in [1.29, 1.82) is 0 Å². The molecular weight excluding hydrogens is 356 g/mol. The van der Waals surface area contributed by atoms with Gasteiger partial charge < -0.3 is 10.1 Å². The van der Waals surface area contributed by atoms with E-state index in [1.807, 2.05) is 12.1 Å². The third-order valence-corrected chi connectivity index (χ3v) is 6.07. The summed E-state index contributed by atoms with van der Waals surface area (Å²) < 4.78 is 5.88. The number of aryl methyl sites for hydroxylation is 1. The smallest absolute Gasteiger partial charge is 0.221 e. The zero-order chi connectivity index (χ0) is 19.1. The van der Waals surface area contributed by atoms with Gasteiger partial charge in [0.15, 0.2) is 0 Å². The van der Waals surface area contributed by atoms with Gasteiger partial charge in [0.05, 0.1) is 6.61 Å². The number of thiophene rings is 1. The van der Waals surface area contributed by atoms with E-state index in [2.05, 4.69) is 46.1 Å². The second kappa shape index (κ2) is 9.49. The minimum Gasteiger partial charge on any atom is -0.381 e. The lowest BCUT2D eigenvalue weighted by atomic mass is 9.82. The van der Waals surface area contributed by atoms with Crippen LogP contribution in [-0.2, 0) is 22.5 Å². The maximum atomic E-state index is 11.2. The predicted molar refractivity (Wildman–Crippen MR) is 112 cm³/mol. The molecule has 0 saturated carbocycles. The molecule has 4 nitrogen and oxygen atoms in total. The molecule has 1 aromatic heterocycles. The largest absolute Gasteiger partial charge is 0.381 e. The van der Waals surface area contributed by atoms with Crippen molar-refractivity contribution in [2.75, 3.05) is 31.6 Å². The van der Waals surface area contributed by atoms with Crippen molar-refractivity contribution in [2.45, 2.75) is 39.7 Å². The number of amides is 1. The highest BCUT2D eigenvalue weighted by atomic mass is 32.1. The average Bonchev–Trinajstić information content (AvgIpc) is 3.30. The van der Waals surface area contributed by atoms with Crippen molar-refractivity contribution in [3.8, 4) is 0 Å². The van der Waals surface area contributed by atoms with Crippen molar-refractivity contribution in [3.63, 3.8) is 0 Å². The van der Waals surface area contributed by atoms with E-state index in [1.165, 1.54) is 30.9 Å². The Hall–Kier alpha value is -1.69. The minimum atomic E-state index is -0.0337. The summed E-state index contributed by atoms with van der Waals surface area (Å²) in [7, 11) is 0. The van der Waals surface area contributed by atoms with Gasteiger partial charge in [-0.25, -0.2) is 0 Å². The SMILES string of the molecule is CCOC[C@@]1(CCc2ccsc2)CCN(Cc2ccc(NC(C)=O)cc2)C1. The van der Waals surface area contributed by atoms with Gasteiger partial charge >= 0.3 is 0 Å². The lowest BCUT2D eigenvalue weighted by molar-refractivity contribution is -0.114. The Bertz CT molecular complexity index is 714. The number of carbonyl (C=O) groups excluding carboxylic acids is 1. The van der Waals surface area contributed by atoms with Crippen molar-refractivity contribution in [3.05, 3.63) is 52.2 Å². The fourth-order valence-electron chi connectivity index (χ4n) is 3.87. The van der Waals surface area contributed by atoms with Crippen LogP contribution in [0.25, 0.3) is 0 Å². The van der Waals surface area contributed by atoms with Gasteiger partial charge in [-0.15, -0.1) is 0 Å². The number of hydrogen-bond donors (Lipinski definition) is 1. The van der Waals surface area contributed by atoms with Gasteiger partial charge in [0.25, 0.3) is 0 Å². The number of hydrogen-bond acceptors (Lipinski definition) is 4. The molecule has 1 aliphatic rings. The van der Waals surface area contributed by atoms with Gasteiger partial charge in [0, 0.05) is 37.7 Å². The number of nitrogens with one attached hydrogen (secondary N) is 1. The first-order chi connectivity index (χ1) is 13.1. The molecule has 1 aliphatic heterocycles. The molecular formula is C22H30N2O2S. The molecule has 1 fully saturated rings. The highest BCUT2D eigenvalue weighted by Crippen LogP contribution is 2.36. The fraction of sp³-hybridized carbons (Fsp3) is 0.500. The van der Waals surface area contributed by atoms with Gasteiger partial charge in [-0.1, -0.05) is 12.1 Å². The third-order valence-electron chi connectivity index (χ3n) is 5.33. The number of anilines is 1. The number of carbonyl (C=O) groups is 1. The maximum absolute atomic E-state index is 11.2. The van der Waals surface area contributed by atoms with E-state index in [1.54, 1.807) is 11.3 Å². The van der Waals surface area contributed by atoms with Crippen molar-refractivity contribution >= 4 is 22.9 Å². The molecule has 0 unspecified atom stereocenters. The molecule has 1 N–H and O–H groups in total. The third kappa shape index (κ3) is 5.89. The van der Waals surface area contributed by atoms with Crippen LogP contribution in [-0.4, -0.2) is 37.1 Å². The molecule has 0 bridgehead atoms. The van der Waals surface area contributed by atoms with Gasteiger partial charge in [0.1, 0.15) is 0 Å². The Kier molecular flexibility index (Phi) is 7.05. The van der Waals surface area contributed by atoms with E-state index in [-0.39, 0.29) is 11.3 Å². The van der Waals surface area contributed by atoms with E-state index in [0.29, 0.717) is 0 Å². The molecule has 3 rings (SSSR count). The average molecular weight is 387 g/mol. The van der Waals surface area contributed by atoms with Gasteiger partial charge in [0.2, 0.25) is 5.91 Å². The van der Waals surface area contributed by atoms with Crippen LogP contribution in [0.4, 0.5) is 5.69 Å². The first kappa shape index (κ1) is 20.1. The molecule has 1 aromatic carbocycles. The number of rotatable bonds is 9. The van der Waals surface area contributed by atoms with Gasteiger partial charge in [-0.05, 0) is 72.8 Å². The lowest BCUT2D eigenvalue weighted by Crippen LogP contribution is -2.32. The van der Waals surface area contributed by atoms with Crippen LogP contribution in [0, 0.1) is 5.41 Å². The minimum absolute atomic E-state index is 0.0337. The number of benzene rings is 1. The molecule has 27 heavy (non-hydrogen) atoms. The Labute approximate surface area is 166 Å². The molecule has 0 radical (unpaired) electrons. The molecule has 2 aromatic rings. The molecule has 5 heteroatoms.